The number of halogens is 1. The first kappa shape index (κ1) is 17.2. The van der Waals surface area contributed by atoms with Gasteiger partial charge < -0.3 is 10.1 Å². The Bertz CT molecular complexity index is 815. The van der Waals surface area contributed by atoms with E-state index in [1.807, 2.05) is 54.6 Å². The molecule has 0 radical (unpaired) electrons. The van der Waals surface area contributed by atoms with Crippen molar-refractivity contribution >= 4 is 27.6 Å². The maximum Gasteiger partial charge on any atom is 0.338 e. The summed E-state index contributed by atoms with van der Waals surface area (Å²) in [7, 11) is 0. The first-order chi connectivity index (χ1) is 12.2. The second-order valence-electron chi connectivity index (χ2n) is 5.62. The Morgan fingerprint density at radius 3 is 2.20 bits per heavy atom. The summed E-state index contributed by atoms with van der Waals surface area (Å²) < 4.78 is 6.40. The van der Waals surface area contributed by atoms with Gasteiger partial charge in [0, 0.05) is 16.7 Å². The van der Waals surface area contributed by atoms with E-state index in [4.69, 9.17) is 4.74 Å². The largest absolute Gasteiger partial charge is 0.457 e. The van der Waals surface area contributed by atoms with Gasteiger partial charge in [-0.25, -0.2) is 4.79 Å². The highest BCUT2D eigenvalue weighted by atomic mass is 79.9. The van der Waals surface area contributed by atoms with Gasteiger partial charge in [0.2, 0.25) is 0 Å². The van der Waals surface area contributed by atoms with Gasteiger partial charge in [0.05, 0.1) is 5.56 Å². The van der Waals surface area contributed by atoms with E-state index in [1.165, 1.54) is 5.56 Å². The van der Waals surface area contributed by atoms with Crippen LogP contribution < -0.4 is 5.32 Å². The summed E-state index contributed by atoms with van der Waals surface area (Å²) in [6.45, 7) is 1.01. The van der Waals surface area contributed by atoms with Gasteiger partial charge in [-0.3, -0.25) is 0 Å². The second-order valence-corrected chi connectivity index (χ2v) is 6.53. The number of hydrogen-bond acceptors (Lipinski definition) is 3. The molecular weight excluding hydrogens is 378 g/mol. The third-order valence-corrected chi connectivity index (χ3v) is 4.27. The van der Waals surface area contributed by atoms with Crippen molar-refractivity contribution in [2.45, 2.75) is 13.2 Å². The van der Waals surface area contributed by atoms with E-state index >= 15 is 0 Å². The van der Waals surface area contributed by atoms with Gasteiger partial charge in [0.25, 0.3) is 0 Å². The molecule has 25 heavy (non-hydrogen) atoms. The molecule has 126 valence electrons. The highest BCUT2D eigenvalue weighted by Gasteiger charge is 2.07. The SMILES string of the molecule is O=C(OCc1ccccc1)c1ccc(NCc2ccc(Br)cc2)cc1. The van der Waals surface area contributed by atoms with Crippen LogP contribution in [0.1, 0.15) is 21.5 Å². The minimum absolute atomic E-state index is 0.281. The summed E-state index contributed by atoms with van der Waals surface area (Å²) in [6, 6.07) is 25.1. The molecule has 0 fully saturated rings. The van der Waals surface area contributed by atoms with Crippen molar-refractivity contribution in [1.29, 1.82) is 0 Å². The molecular formula is C21H18BrNO2. The zero-order chi connectivity index (χ0) is 17.5. The molecule has 1 N–H and O–H groups in total. The molecule has 3 aromatic carbocycles. The minimum Gasteiger partial charge on any atom is -0.457 e. The van der Waals surface area contributed by atoms with Gasteiger partial charge >= 0.3 is 5.97 Å². The standard InChI is InChI=1S/C21H18BrNO2/c22-19-10-6-16(7-11-19)14-23-20-12-8-18(9-13-20)21(24)25-15-17-4-2-1-3-5-17/h1-13,23H,14-15H2. The highest BCUT2D eigenvalue weighted by Crippen LogP contribution is 2.15. The molecule has 0 heterocycles. The Morgan fingerprint density at radius 1 is 0.840 bits per heavy atom. The van der Waals surface area contributed by atoms with Crippen molar-refractivity contribution in [3.8, 4) is 0 Å². The van der Waals surface area contributed by atoms with Crippen molar-refractivity contribution < 1.29 is 9.53 Å². The number of ether oxygens (including phenoxy) is 1. The number of nitrogens with one attached hydrogen (secondary N) is 1. The fourth-order valence-electron chi connectivity index (χ4n) is 2.34. The van der Waals surface area contributed by atoms with Crippen LogP contribution in [-0.2, 0) is 17.9 Å². The summed E-state index contributed by atoms with van der Waals surface area (Å²) in [6.07, 6.45) is 0. The molecule has 0 aliphatic heterocycles. The second kappa shape index (κ2) is 8.49. The molecule has 3 aromatic rings. The number of carbonyl (C=O) groups is 1. The van der Waals surface area contributed by atoms with E-state index in [0.717, 1.165) is 22.3 Å². The van der Waals surface area contributed by atoms with Gasteiger partial charge in [-0.05, 0) is 47.5 Å². The lowest BCUT2D eigenvalue weighted by Crippen LogP contribution is -2.05. The van der Waals surface area contributed by atoms with E-state index in [2.05, 4.69) is 33.4 Å². The first-order valence-electron chi connectivity index (χ1n) is 8.00. The Balaban J connectivity index is 1.52. The van der Waals surface area contributed by atoms with Crippen molar-refractivity contribution in [2.24, 2.45) is 0 Å². The fourth-order valence-corrected chi connectivity index (χ4v) is 2.60. The summed E-state index contributed by atoms with van der Waals surface area (Å²) in [5.74, 6) is -0.316. The zero-order valence-corrected chi connectivity index (χ0v) is 15.2. The van der Waals surface area contributed by atoms with Crippen LogP contribution in [-0.4, -0.2) is 5.97 Å². The van der Waals surface area contributed by atoms with Crippen LogP contribution in [0, 0.1) is 0 Å². The van der Waals surface area contributed by atoms with Crippen molar-refractivity contribution in [2.75, 3.05) is 5.32 Å². The lowest BCUT2D eigenvalue weighted by atomic mass is 10.2. The van der Waals surface area contributed by atoms with Crippen LogP contribution >= 0.6 is 15.9 Å². The van der Waals surface area contributed by atoms with Gasteiger partial charge in [-0.1, -0.05) is 58.4 Å². The molecule has 0 aromatic heterocycles. The van der Waals surface area contributed by atoms with Crippen molar-refractivity contribution in [1.82, 2.24) is 0 Å². The molecule has 0 bridgehead atoms. The lowest BCUT2D eigenvalue weighted by molar-refractivity contribution is 0.0473. The van der Waals surface area contributed by atoms with E-state index < -0.39 is 0 Å². The molecule has 0 atom stereocenters. The van der Waals surface area contributed by atoms with Gasteiger partial charge in [0.15, 0.2) is 0 Å². The predicted molar refractivity (Wildman–Crippen MR) is 103 cm³/mol. The normalized spacial score (nSPS) is 10.3. The molecule has 4 heteroatoms. The average Bonchev–Trinajstić information content (AvgIpc) is 2.67. The number of carbonyl (C=O) groups excluding carboxylic acids is 1. The minimum atomic E-state index is -0.316. The van der Waals surface area contributed by atoms with Crippen molar-refractivity contribution in [3.05, 3.63) is 100 Å². The molecule has 3 nitrogen and oxygen atoms in total. The van der Waals surface area contributed by atoms with E-state index in [9.17, 15) is 4.79 Å². The average molecular weight is 396 g/mol. The van der Waals surface area contributed by atoms with E-state index in [0.29, 0.717) is 5.56 Å². The molecule has 3 rings (SSSR count). The molecule has 0 saturated heterocycles. The topological polar surface area (TPSA) is 38.3 Å². The van der Waals surface area contributed by atoms with Crippen LogP contribution in [0.5, 0.6) is 0 Å². The Labute approximate surface area is 155 Å². The maximum absolute atomic E-state index is 12.1. The number of esters is 1. The summed E-state index contributed by atoms with van der Waals surface area (Å²) >= 11 is 3.43. The summed E-state index contributed by atoms with van der Waals surface area (Å²) in [4.78, 5) is 12.1. The zero-order valence-electron chi connectivity index (χ0n) is 13.6. The number of benzene rings is 3. The molecule has 0 saturated carbocycles. The molecule has 0 amide bonds. The maximum atomic E-state index is 12.1. The van der Waals surface area contributed by atoms with Gasteiger partial charge in [-0.2, -0.15) is 0 Å². The van der Waals surface area contributed by atoms with Crippen LogP contribution in [0.3, 0.4) is 0 Å². The molecule has 0 aliphatic rings. The van der Waals surface area contributed by atoms with E-state index in [-0.39, 0.29) is 12.6 Å². The summed E-state index contributed by atoms with van der Waals surface area (Å²) in [5, 5.41) is 3.34. The number of anilines is 1. The van der Waals surface area contributed by atoms with Crippen LogP contribution in [0.2, 0.25) is 0 Å². The number of rotatable bonds is 6. The Hall–Kier alpha value is -2.59. The third kappa shape index (κ3) is 5.19. The van der Waals surface area contributed by atoms with E-state index in [1.54, 1.807) is 12.1 Å². The monoisotopic (exact) mass is 395 g/mol. The smallest absolute Gasteiger partial charge is 0.338 e. The first-order valence-corrected chi connectivity index (χ1v) is 8.79. The number of hydrogen-bond donors (Lipinski definition) is 1. The van der Waals surface area contributed by atoms with Crippen molar-refractivity contribution in [3.63, 3.8) is 0 Å². The quantitative estimate of drug-likeness (QED) is 0.566. The van der Waals surface area contributed by atoms with Crippen LogP contribution in [0.4, 0.5) is 5.69 Å². The lowest BCUT2D eigenvalue weighted by Gasteiger charge is -2.08. The fraction of sp³-hybridized carbons (Fsp3) is 0.0952. The predicted octanol–water partition coefficient (Wildman–Crippen LogP) is 5.42. The van der Waals surface area contributed by atoms with Crippen LogP contribution in [0.25, 0.3) is 0 Å². The van der Waals surface area contributed by atoms with Gasteiger partial charge in [-0.15, -0.1) is 0 Å². The molecule has 0 unspecified atom stereocenters. The molecule has 0 spiro atoms. The molecule has 0 aliphatic carbocycles. The van der Waals surface area contributed by atoms with Gasteiger partial charge in [0.1, 0.15) is 6.61 Å². The Morgan fingerprint density at radius 2 is 1.52 bits per heavy atom. The summed E-state index contributed by atoms with van der Waals surface area (Å²) in [5.41, 5.74) is 3.67. The highest BCUT2D eigenvalue weighted by molar-refractivity contribution is 9.10. The third-order valence-electron chi connectivity index (χ3n) is 3.74. The Kier molecular flexibility index (Phi) is 5.86. The van der Waals surface area contributed by atoms with Crippen LogP contribution in [0.15, 0.2) is 83.3 Å².